The first-order valence-electron chi connectivity index (χ1n) is 4.71. The molecule has 15 heavy (non-hydrogen) atoms. The van der Waals surface area contributed by atoms with Gasteiger partial charge in [0.25, 0.3) is 0 Å². The number of carbonyl (C=O) groups is 1. The van der Waals surface area contributed by atoms with E-state index in [1.165, 1.54) is 11.6 Å². The van der Waals surface area contributed by atoms with Gasteiger partial charge in [0.2, 0.25) is 0 Å². The normalized spacial score (nSPS) is 11.8. The van der Waals surface area contributed by atoms with Crippen molar-refractivity contribution in [2.45, 2.75) is 18.1 Å². The average molecular weight is 222 g/mol. The highest BCUT2D eigenvalue weighted by Crippen LogP contribution is 2.18. The Morgan fingerprint density at radius 3 is 2.80 bits per heavy atom. The SMILES string of the molecule is C=CC(=O)OC(C)SCc1ccccc1. The number of benzene rings is 1. The summed E-state index contributed by atoms with van der Waals surface area (Å²) in [5.74, 6) is 0.468. The summed E-state index contributed by atoms with van der Waals surface area (Å²) in [4.78, 5) is 10.9. The van der Waals surface area contributed by atoms with Gasteiger partial charge in [-0.1, -0.05) is 36.9 Å². The van der Waals surface area contributed by atoms with Crippen molar-refractivity contribution in [1.82, 2.24) is 0 Å². The van der Waals surface area contributed by atoms with Crippen LogP contribution in [0.2, 0.25) is 0 Å². The zero-order valence-electron chi connectivity index (χ0n) is 8.68. The van der Waals surface area contributed by atoms with Crippen LogP contribution in [0.25, 0.3) is 0 Å². The number of ether oxygens (including phenoxy) is 1. The lowest BCUT2D eigenvalue weighted by Crippen LogP contribution is -2.09. The zero-order chi connectivity index (χ0) is 11.1. The molecular weight excluding hydrogens is 208 g/mol. The molecule has 0 amide bonds. The van der Waals surface area contributed by atoms with E-state index in [0.29, 0.717) is 0 Å². The molecule has 1 aromatic rings. The zero-order valence-corrected chi connectivity index (χ0v) is 9.50. The lowest BCUT2D eigenvalue weighted by molar-refractivity contribution is -0.138. The van der Waals surface area contributed by atoms with Crippen molar-refractivity contribution in [3.8, 4) is 0 Å². The number of hydrogen-bond donors (Lipinski definition) is 0. The van der Waals surface area contributed by atoms with Crippen LogP contribution in [0.3, 0.4) is 0 Å². The highest BCUT2D eigenvalue weighted by molar-refractivity contribution is 7.98. The van der Waals surface area contributed by atoms with Gasteiger partial charge in [-0.05, 0) is 12.5 Å². The summed E-state index contributed by atoms with van der Waals surface area (Å²) in [5, 5.41) is 0. The number of carbonyl (C=O) groups excluding carboxylic acids is 1. The minimum atomic E-state index is -0.372. The average Bonchev–Trinajstić information content (AvgIpc) is 2.27. The Hall–Kier alpha value is -1.22. The molecule has 0 saturated heterocycles. The first kappa shape index (κ1) is 11.9. The van der Waals surface area contributed by atoms with Gasteiger partial charge in [0.15, 0.2) is 0 Å². The number of rotatable bonds is 5. The van der Waals surface area contributed by atoms with Gasteiger partial charge in [-0.2, -0.15) is 0 Å². The van der Waals surface area contributed by atoms with Crippen LogP contribution in [0, 0.1) is 0 Å². The Morgan fingerprint density at radius 2 is 2.20 bits per heavy atom. The van der Waals surface area contributed by atoms with Crippen molar-refractivity contribution >= 4 is 17.7 Å². The molecule has 0 aliphatic carbocycles. The van der Waals surface area contributed by atoms with Crippen molar-refractivity contribution < 1.29 is 9.53 Å². The molecule has 3 heteroatoms. The molecular formula is C12H14O2S. The summed E-state index contributed by atoms with van der Waals surface area (Å²) >= 11 is 1.58. The molecule has 1 atom stereocenters. The molecule has 0 fully saturated rings. The Bertz CT molecular complexity index is 322. The molecule has 0 saturated carbocycles. The third-order valence-electron chi connectivity index (χ3n) is 1.78. The van der Waals surface area contributed by atoms with Crippen molar-refractivity contribution in [3.05, 3.63) is 48.6 Å². The van der Waals surface area contributed by atoms with Crippen LogP contribution in [0.1, 0.15) is 12.5 Å². The summed E-state index contributed by atoms with van der Waals surface area (Å²) in [6, 6.07) is 10.1. The smallest absolute Gasteiger partial charge is 0.331 e. The van der Waals surface area contributed by atoms with Gasteiger partial charge in [-0.25, -0.2) is 4.79 Å². The van der Waals surface area contributed by atoms with Crippen molar-refractivity contribution in [2.75, 3.05) is 0 Å². The Morgan fingerprint density at radius 1 is 1.53 bits per heavy atom. The molecule has 0 aliphatic rings. The standard InChI is InChI=1S/C12H14O2S/c1-3-12(13)14-10(2)15-9-11-7-5-4-6-8-11/h3-8,10H,1,9H2,2H3. The van der Waals surface area contributed by atoms with Crippen LogP contribution in [-0.4, -0.2) is 11.4 Å². The van der Waals surface area contributed by atoms with E-state index in [1.807, 2.05) is 25.1 Å². The maximum absolute atomic E-state index is 10.9. The first-order chi connectivity index (χ1) is 7.22. The van der Waals surface area contributed by atoms with Crippen LogP contribution in [0.15, 0.2) is 43.0 Å². The number of hydrogen-bond acceptors (Lipinski definition) is 3. The maximum atomic E-state index is 10.9. The summed E-state index contributed by atoms with van der Waals surface area (Å²) in [7, 11) is 0. The second kappa shape index (κ2) is 6.30. The van der Waals surface area contributed by atoms with Gasteiger partial charge in [0.05, 0.1) is 0 Å². The molecule has 0 spiro atoms. The van der Waals surface area contributed by atoms with E-state index in [0.717, 1.165) is 5.75 Å². The molecule has 1 unspecified atom stereocenters. The largest absolute Gasteiger partial charge is 0.448 e. The Balaban J connectivity index is 2.31. The summed E-state index contributed by atoms with van der Waals surface area (Å²) < 4.78 is 5.03. The Kier molecular flexibility index (Phi) is 4.98. The predicted octanol–water partition coefficient (Wildman–Crippen LogP) is 3.00. The minimum Gasteiger partial charge on any atom is -0.448 e. The fraction of sp³-hybridized carbons (Fsp3) is 0.250. The van der Waals surface area contributed by atoms with E-state index >= 15 is 0 Å². The van der Waals surface area contributed by atoms with Crippen molar-refractivity contribution in [1.29, 1.82) is 0 Å². The number of thioether (sulfide) groups is 1. The van der Waals surface area contributed by atoms with Gasteiger partial charge in [-0.15, -0.1) is 11.8 Å². The van der Waals surface area contributed by atoms with Gasteiger partial charge >= 0.3 is 5.97 Å². The van der Waals surface area contributed by atoms with E-state index in [9.17, 15) is 4.79 Å². The first-order valence-corrected chi connectivity index (χ1v) is 5.76. The van der Waals surface area contributed by atoms with Crippen molar-refractivity contribution in [3.63, 3.8) is 0 Å². The quantitative estimate of drug-likeness (QED) is 0.435. The van der Waals surface area contributed by atoms with Crippen LogP contribution in [0.4, 0.5) is 0 Å². The maximum Gasteiger partial charge on any atom is 0.331 e. The van der Waals surface area contributed by atoms with Crippen LogP contribution >= 0.6 is 11.8 Å². The van der Waals surface area contributed by atoms with Crippen LogP contribution in [-0.2, 0) is 15.3 Å². The third kappa shape index (κ3) is 4.70. The van der Waals surface area contributed by atoms with Crippen LogP contribution < -0.4 is 0 Å². The second-order valence-electron chi connectivity index (χ2n) is 3.01. The van der Waals surface area contributed by atoms with Gasteiger partial charge in [0, 0.05) is 11.8 Å². The lowest BCUT2D eigenvalue weighted by Gasteiger charge is -2.10. The van der Waals surface area contributed by atoms with E-state index < -0.39 is 0 Å². The van der Waals surface area contributed by atoms with Crippen LogP contribution in [0.5, 0.6) is 0 Å². The second-order valence-corrected chi connectivity index (χ2v) is 4.29. The van der Waals surface area contributed by atoms with E-state index in [4.69, 9.17) is 4.74 Å². The highest BCUT2D eigenvalue weighted by Gasteiger charge is 2.06. The third-order valence-corrected chi connectivity index (χ3v) is 2.84. The summed E-state index contributed by atoms with van der Waals surface area (Å²) in [6.45, 7) is 5.20. The highest BCUT2D eigenvalue weighted by atomic mass is 32.2. The lowest BCUT2D eigenvalue weighted by atomic mass is 10.2. The molecule has 0 radical (unpaired) electrons. The molecule has 0 heterocycles. The fourth-order valence-electron chi connectivity index (χ4n) is 1.03. The van der Waals surface area contributed by atoms with Gasteiger partial charge in [0.1, 0.15) is 5.44 Å². The molecule has 0 N–H and O–H groups in total. The fourth-order valence-corrected chi connectivity index (χ4v) is 1.82. The molecule has 0 aromatic heterocycles. The molecule has 80 valence electrons. The minimum absolute atomic E-state index is 0.143. The molecule has 0 bridgehead atoms. The topological polar surface area (TPSA) is 26.3 Å². The Labute approximate surface area is 94.3 Å². The van der Waals surface area contributed by atoms with Gasteiger partial charge in [-0.3, -0.25) is 0 Å². The predicted molar refractivity (Wildman–Crippen MR) is 63.5 cm³/mol. The van der Waals surface area contributed by atoms with E-state index in [-0.39, 0.29) is 11.4 Å². The van der Waals surface area contributed by atoms with E-state index in [2.05, 4.69) is 18.7 Å². The monoisotopic (exact) mass is 222 g/mol. The summed E-state index contributed by atoms with van der Waals surface area (Å²) in [6.07, 6.45) is 1.18. The molecule has 0 aliphatic heterocycles. The molecule has 1 aromatic carbocycles. The summed E-state index contributed by atoms with van der Waals surface area (Å²) in [5.41, 5.74) is 1.08. The van der Waals surface area contributed by atoms with Crippen molar-refractivity contribution in [2.24, 2.45) is 0 Å². The molecule has 2 nitrogen and oxygen atoms in total. The van der Waals surface area contributed by atoms with Gasteiger partial charge < -0.3 is 4.74 Å². The molecule has 1 rings (SSSR count). The number of esters is 1. The van der Waals surface area contributed by atoms with E-state index in [1.54, 1.807) is 11.8 Å².